The van der Waals surface area contributed by atoms with Crippen molar-refractivity contribution in [2.75, 3.05) is 0 Å². The van der Waals surface area contributed by atoms with Crippen molar-refractivity contribution in [2.24, 2.45) is 7.05 Å². The molecular formula is C4H6N2OS. The Morgan fingerprint density at radius 2 is 2.38 bits per heavy atom. The highest BCUT2D eigenvalue weighted by molar-refractivity contribution is 7.58. The van der Waals surface area contributed by atoms with E-state index in [0.717, 1.165) is 5.89 Å². The van der Waals surface area contributed by atoms with Gasteiger partial charge < -0.3 is 17.0 Å². The Labute approximate surface area is 52.7 Å². The van der Waals surface area contributed by atoms with Crippen LogP contribution in [0.15, 0.2) is 9.64 Å². The van der Waals surface area contributed by atoms with E-state index < -0.39 is 0 Å². The van der Waals surface area contributed by atoms with Crippen LogP contribution in [0.3, 0.4) is 0 Å². The molecule has 0 atom stereocenters. The maximum Gasteiger partial charge on any atom is 0.368 e. The Kier molecular flexibility index (Phi) is 1.17. The van der Waals surface area contributed by atoms with Gasteiger partial charge in [-0.3, -0.25) is 0 Å². The third kappa shape index (κ3) is 0.790. The molecule has 1 heterocycles. The molecule has 0 aliphatic carbocycles. The first-order valence-corrected chi connectivity index (χ1v) is 2.62. The van der Waals surface area contributed by atoms with E-state index >= 15 is 0 Å². The molecule has 0 saturated carbocycles. The lowest BCUT2D eigenvalue weighted by Gasteiger charge is -1.81. The van der Waals surface area contributed by atoms with Crippen LogP contribution in [0.25, 0.3) is 0 Å². The lowest BCUT2D eigenvalue weighted by Crippen LogP contribution is -2.32. The summed E-state index contributed by atoms with van der Waals surface area (Å²) >= 11 is 4.62. The van der Waals surface area contributed by atoms with E-state index in [0.29, 0.717) is 5.22 Å². The van der Waals surface area contributed by atoms with Crippen molar-refractivity contribution < 1.29 is 9.10 Å². The maximum absolute atomic E-state index is 4.88. The van der Waals surface area contributed by atoms with Gasteiger partial charge in [0, 0.05) is 5.10 Å². The van der Waals surface area contributed by atoms with Crippen molar-refractivity contribution in [1.29, 1.82) is 0 Å². The predicted molar refractivity (Wildman–Crippen MR) is 28.0 cm³/mol. The Bertz CT molecular complexity index is 176. The Balaban J connectivity index is 3.14. The highest BCUT2D eigenvalue weighted by Gasteiger charge is 2.02. The molecule has 44 valence electrons. The first-order valence-electron chi connectivity index (χ1n) is 2.21. The van der Waals surface area contributed by atoms with Gasteiger partial charge in [-0.05, 0) is 0 Å². The highest BCUT2D eigenvalue weighted by atomic mass is 32.1. The van der Waals surface area contributed by atoms with Gasteiger partial charge in [-0.1, -0.05) is 4.68 Å². The van der Waals surface area contributed by atoms with Gasteiger partial charge in [-0.2, -0.15) is 0 Å². The molecule has 3 nitrogen and oxygen atoms in total. The summed E-state index contributed by atoms with van der Waals surface area (Å²) in [5.74, 6) is 0.731. The van der Waals surface area contributed by atoms with Crippen molar-refractivity contribution in [3.05, 3.63) is 5.89 Å². The van der Waals surface area contributed by atoms with Gasteiger partial charge in [0.1, 0.15) is 5.22 Å². The molecule has 0 saturated heterocycles. The standard InChI is InChI=1S/C4H6N2OS/c1-3-6(2)5-4(8)7-3/h1-2H3. The van der Waals surface area contributed by atoms with E-state index in [2.05, 4.69) is 17.7 Å². The molecule has 0 unspecified atom stereocenters. The summed E-state index contributed by atoms with van der Waals surface area (Å²) in [6.45, 7) is 1.81. The molecule has 0 amide bonds. The molecular weight excluding hydrogens is 124 g/mol. The zero-order valence-corrected chi connectivity index (χ0v) is 5.53. The third-order valence-electron chi connectivity index (χ3n) is 0.922. The van der Waals surface area contributed by atoms with Crippen molar-refractivity contribution in [3.63, 3.8) is 0 Å². The van der Waals surface area contributed by atoms with Crippen molar-refractivity contribution >= 4 is 12.6 Å². The van der Waals surface area contributed by atoms with E-state index in [4.69, 9.17) is 4.42 Å². The average molecular weight is 130 g/mol. The Morgan fingerprint density at radius 3 is 2.50 bits per heavy atom. The lowest BCUT2D eigenvalue weighted by molar-refractivity contribution is -0.738. The first-order chi connectivity index (χ1) is 3.70. The molecule has 0 aliphatic heterocycles. The van der Waals surface area contributed by atoms with Crippen molar-refractivity contribution in [3.8, 4) is 0 Å². The minimum absolute atomic E-state index is 0.296. The van der Waals surface area contributed by atoms with Gasteiger partial charge in [-0.15, -0.1) is 0 Å². The van der Waals surface area contributed by atoms with Gasteiger partial charge >= 0.3 is 5.89 Å². The largest absolute Gasteiger partial charge is 0.715 e. The average Bonchev–Trinajstić information content (AvgIpc) is 1.85. The minimum atomic E-state index is 0.296. The number of rotatable bonds is 0. The van der Waals surface area contributed by atoms with Crippen LogP contribution < -0.4 is 4.68 Å². The number of hydrogen-bond donors (Lipinski definition) is 0. The molecule has 0 aliphatic rings. The van der Waals surface area contributed by atoms with Crippen LogP contribution in [0, 0.1) is 6.92 Å². The van der Waals surface area contributed by atoms with E-state index in [1.54, 1.807) is 11.7 Å². The molecule has 0 bridgehead atoms. The Morgan fingerprint density at radius 1 is 1.75 bits per heavy atom. The van der Waals surface area contributed by atoms with E-state index in [-0.39, 0.29) is 0 Å². The SMILES string of the molecule is Cc1oc([S-])n[n+]1C. The number of aryl methyl sites for hydroxylation is 2. The molecule has 0 spiro atoms. The summed E-state index contributed by atoms with van der Waals surface area (Å²) in [7, 11) is 1.79. The zero-order chi connectivity index (χ0) is 6.15. The van der Waals surface area contributed by atoms with Crippen LogP contribution in [0.5, 0.6) is 0 Å². The van der Waals surface area contributed by atoms with Gasteiger partial charge in [0.15, 0.2) is 7.05 Å². The monoisotopic (exact) mass is 130 g/mol. The summed E-state index contributed by atoms with van der Waals surface area (Å²) in [5, 5.41) is 4.07. The molecule has 1 aromatic rings. The summed E-state index contributed by atoms with van der Waals surface area (Å²) in [6.07, 6.45) is 0. The van der Waals surface area contributed by atoms with Crippen LogP contribution in [0.2, 0.25) is 0 Å². The van der Waals surface area contributed by atoms with Gasteiger partial charge in [0.2, 0.25) is 0 Å². The molecule has 0 N–H and O–H groups in total. The fourth-order valence-electron chi connectivity index (χ4n) is 0.406. The first kappa shape index (κ1) is 5.50. The summed E-state index contributed by atoms with van der Waals surface area (Å²) in [6, 6.07) is 0. The van der Waals surface area contributed by atoms with Gasteiger partial charge in [0.25, 0.3) is 0 Å². The van der Waals surface area contributed by atoms with Crippen LogP contribution in [-0.2, 0) is 19.7 Å². The van der Waals surface area contributed by atoms with E-state index in [9.17, 15) is 0 Å². The van der Waals surface area contributed by atoms with Crippen LogP contribution in [0.4, 0.5) is 0 Å². The summed E-state index contributed by atoms with van der Waals surface area (Å²) in [4.78, 5) is 0. The molecule has 1 rings (SSSR count). The minimum Gasteiger partial charge on any atom is -0.715 e. The van der Waals surface area contributed by atoms with Gasteiger partial charge in [-0.25, -0.2) is 0 Å². The van der Waals surface area contributed by atoms with Crippen molar-refractivity contribution in [2.45, 2.75) is 12.1 Å². The summed E-state index contributed by atoms with van der Waals surface area (Å²) in [5.41, 5.74) is 0. The van der Waals surface area contributed by atoms with E-state index in [1.807, 2.05) is 6.92 Å². The molecule has 0 aromatic carbocycles. The van der Waals surface area contributed by atoms with Crippen LogP contribution in [-0.4, -0.2) is 5.10 Å². The zero-order valence-electron chi connectivity index (χ0n) is 4.71. The molecule has 0 fully saturated rings. The molecule has 8 heavy (non-hydrogen) atoms. The van der Waals surface area contributed by atoms with Crippen molar-refractivity contribution in [1.82, 2.24) is 5.10 Å². The van der Waals surface area contributed by atoms with Crippen LogP contribution >= 0.6 is 0 Å². The maximum atomic E-state index is 4.88. The number of hydrogen-bond acceptors (Lipinski definition) is 3. The fourth-order valence-corrected chi connectivity index (χ4v) is 0.649. The number of aromatic nitrogens is 2. The third-order valence-corrected chi connectivity index (χ3v) is 1.09. The quantitative estimate of drug-likeness (QED) is 0.357. The molecule has 0 radical (unpaired) electrons. The number of nitrogens with zero attached hydrogens (tertiary/aromatic N) is 2. The molecule has 1 aromatic heterocycles. The van der Waals surface area contributed by atoms with E-state index in [1.165, 1.54) is 0 Å². The summed E-state index contributed by atoms with van der Waals surface area (Å²) < 4.78 is 6.48. The lowest BCUT2D eigenvalue weighted by atomic mass is 10.8. The topological polar surface area (TPSA) is 29.9 Å². The molecule has 4 heteroatoms. The fraction of sp³-hybridized carbons (Fsp3) is 0.500. The smallest absolute Gasteiger partial charge is 0.368 e. The predicted octanol–water partition coefficient (Wildman–Crippen LogP) is -0.287. The Hall–Kier alpha value is -0.640. The van der Waals surface area contributed by atoms with Crippen LogP contribution in [0.1, 0.15) is 5.89 Å². The second-order valence-corrected chi connectivity index (χ2v) is 1.86. The second-order valence-electron chi connectivity index (χ2n) is 1.51. The highest BCUT2D eigenvalue weighted by Crippen LogP contribution is 1.90. The van der Waals surface area contributed by atoms with Gasteiger partial charge in [0.05, 0.1) is 6.92 Å². The normalized spacial score (nSPS) is 9.75. The second kappa shape index (κ2) is 1.70.